The summed E-state index contributed by atoms with van der Waals surface area (Å²) in [6, 6.07) is 11.4. The molecule has 3 N–H and O–H groups in total. The minimum atomic E-state index is 0.386. The number of nitrogens with one attached hydrogen (secondary N) is 1. The van der Waals surface area contributed by atoms with Crippen LogP contribution >= 0.6 is 11.3 Å². The minimum Gasteiger partial charge on any atom is -0.399 e. The van der Waals surface area contributed by atoms with Crippen molar-refractivity contribution in [1.29, 1.82) is 5.41 Å². The Hall–Kier alpha value is -1.94. The van der Waals surface area contributed by atoms with Gasteiger partial charge in [0.1, 0.15) is 5.69 Å². The number of hydrogen-bond acceptors (Lipinski definition) is 4. The third kappa shape index (κ3) is 1.35. The monoisotopic (exact) mass is 227 g/mol. The Morgan fingerprint density at radius 1 is 1.19 bits per heavy atom. The van der Waals surface area contributed by atoms with Crippen LogP contribution in [0.1, 0.15) is 0 Å². The molecule has 16 heavy (non-hydrogen) atoms. The lowest BCUT2D eigenvalue weighted by Crippen LogP contribution is -2.07. The molecular weight excluding hydrogens is 218 g/mol. The van der Waals surface area contributed by atoms with E-state index >= 15 is 0 Å². The first-order chi connectivity index (χ1) is 7.74. The summed E-state index contributed by atoms with van der Waals surface area (Å²) in [4.78, 5) is 5.45. The molecule has 1 aromatic rings. The molecule has 1 heterocycles. The number of benzene rings is 2. The Balaban J connectivity index is 2.52. The number of nitrogens with two attached hydrogens (primary N) is 1. The topological polar surface area (TPSA) is 62.8 Å². The molecule has 3 nitrogen and oxygen atoms in total. The largest absolute Gasteiger partial charge is 0.399 e. The van der Waals surface area contributed by atoms with Crippen LogP contribution in [0.4, 0.5) is 5.69 Å². The van der Waals surface area contributed by atoms with Gasteiger partial charge in [-0.3, -0.25) is 5.41 Å². The Morgan fingerprint density at radius 2 is 2.00 bits per heavy atom. The molecule has 0 atom stereocenters. The van der Waals surface area contributed by atoms with Gasteiger partial charge in [0.2, 0.25) is 0 Å². The Morgan fingerprint density at radius 3 is 2.88 bits per heavy atom. The predicted molar refractivity (Wildman–Crippen MR) is 66.5 cm³/mol. The first-order valence-corrected chi connectivity index (χ1v) is 5.69. The van der Waals surface area contributed by atoms with Crippen LogP contribution in [0.25, 0.3) is 20.8 Å². The van der Waals surface area contributed by atoms with Gasteiger partial charge in [-0.15, -0.1) is 11.3 Å². The van der Waals surface area contributed by atoms with Crippen molar-refractivity contribution in [1.82, 2.24) is 4.98 Å². The number of para-hydroxylation sites is 1. The molecule has 3 rings (SSSR count). The molecule has 0 bridgehead atoms. The van der Waals surface area contributed by atoms with Crippen molar-refractivity contribution in [3.05, 3.63) is 41.8 Å². The quantitative estimate of drug-likeness (QED) is 0.457. The van der Waals surface area contributed by atoms with Crippen molar-refractivity contribution >= 4 is 27.2 Å². The SMILES string of the molecule is N=c1cc(N)cc2sc3ccccc3nc1-2. The van der Waals surface area contributed by atoms with Crippen molar-refractivity contribution in [2.45, 2.75) is 0 Å². The zero-order valence-corrected chi connectivity index (χ0v) is 9.21. The van der Waals surface area contributed by atoms with Crippen molar-refractivity contribution in [3.63, 3.8) is 0 Å². The molecule has 0 amide bonds. The predicted octanol–water partition coefficient (Wildman–Crippen LogP) is 2.46. The molecule has 1 aromatic carbocycles. The summed E-state index contributed by atoms with van der Waals surface area (Å²) >= 11 is 1.62. The average Bonchev–Trinajstić information content (AvgIpc) is 2.27. The van der Waals surface area contributed by atoms with Crippen LogP contribution in [0.15, 0.2) is 36.4 Å². The summed E-state index contributed by atoms with van der Waals surface area (Å²) in [6.07, 6.45) is 0. The second-order valence-corrected chi connectivity index (χ2v) is 4.68. The summed E-state index contributed by atoms with van der Waals surface area (Å²) in [5, 5.41) is 8.23. The van der Waals surface area contributed by atoms with E-state index in [9.17, 15) is 0 Å². The van der Waals surface area contributed by atoms with Crippen LogP contribution in [0.3, 0.4) is 0 Å². The van der Waals surface area contributed by atoms with Gasteiger partial charge in [0.15, 0.2) is 0 Å². The van der Waals surface area contributed by atoms with E-state index in [0.29, 0.717) is 11.0 Å². The summed E-state index contributed by atoms with van der Waals surface area (Å²) in [5.74, 6) is 0. The average molecular weight is 227 g/mol. The van der Waals surface area contributed by atoms with Crippen LogP contribution in [-0.4, -0.2) is 4.98 Å². The Bertz CT molecular complexity index is 702. The minimum absolute atomic E-state index is 0.386. The van der Waals surface area contributed by atoms with Crippen LogP contribution in [-0.2, 0) is 0 Å². The van der Waals surface area contributed by atoms with Gasteiger partial charge in [-0.1, -0.05) is 12.1 Å². The van der Waals surface area contributed by atoms with E-state index in [0.717, 1.165) is 20.8 Å². The van der Waals surface area contributed by atoms with E-state index in [1.165, 1.54) is 0 Å². The first kappa shape index (κ1) is 9.30. The molecule has 0 spiro atoms. The molecular formula is C12H9N3S. The van der Waals surface area contributed by atoms with Gasteiger partial charge in [0, 0.05) is 5.69 Å². The fraction of sp³-hybridized carbons (Fsp3) is 0. The standard InChI is InChI=1S/C12H9N3S/c13-7-5-8(14)12-11(6-7)16-10-4-2-1-3-9(10)15-12/h1-6,14H,13H2. The number of fused-ring (bicyclic) bond motifs is 2. The number of rotatable bonds is 0. The van der Waals surface area contributed by atoms with Gasteiger partial charge < -0.3 is 5.73 Å². The Labute approximate surface area is 96.0 Å². The van der Waals surface area contributed by atoms with E-state index in [1.54, 1.807) is 17.4 Å². The zero-order chi connectivity index (χ0) is 11.1. The van der Waals surface area contributed by atoms with Gasteiger partial charge in [0.25, 0.3) is 0 Å². The van der Waals surface area contributed by atoms with Crippen LogP contribution in [0, 0.1) is 5.41 Å². The van der Waals surface area contributed by atoms with E-state index in [4.69, 9.17) is 11.1 Å². The summed E-state index contributed by atoms with van der Waals surface area (Å²) in [6.45, 7) is 0. The third-order valence-corrected chi connectivity index (χ3v) is 3.51. The molecule has 0 aromatic heterocycles. The highest BCUT2D eigenvalue weighted by atomic mass is 32.1. The second-order valence-electron chi connectivity index (χ2n) is 3.60. The summed E-state index contributed by atoms with van der Waals surface area (Å²) in [5.41, 5.74) is 7.99. The maximum absolute atomic E-state index is 7.84. The van der Waals surface area contributed by atoms with Crippen molar-refractivity contribution < 1.29 is 0 Å². The van der Waals surface area contributed by atoms with Crippen molar-refractivity contribution in [3.8, 4) is 10.6 Å². The van der Waals surface area contributed by atoms with Gasteiger partial charge >= 0.3 is 0 Å². The van der Waals surface area contributed by atoms with Crippen molar-refractivity contribution in [2.75, 3.05) is 5.73 Å². The van der Waals surface area contributed by atoms with Crippen molar-refractivity contribution in [2.24, 2.45) is 0 Å². The van der Waals surface area contributed by atoms with Crippen LogP contribution < -0.4 is 11.1 Å². The molecule has 1 aliphatic carbocycles. The van der Waals surface area contributed by atoms with Gasteiger partial charge in [0.05, 0.1) is 20.5 Å². The van der Waals surface area contributed by atoms with Gasteiger partial charge in [-0.05, 0) is 24.3 Å². The molecule has 0 fully saturated rings. The molecule has 0 saturated carbocycles. The second kappa shape index (κ2) is 3.28. The number of nitrogens with zero attached hydrogens (tertiary/aromatic N) is 1. The van der Waals surface area contributed by atoms with Crippen LogP contribution in [0.2, 0.25) is 0 Å². The highest BCUT2D eigenvalue weighted by molar-refractivity contribution is 7.21. The normalized spacial score (nSPS) is 11.0. The number of aromatic nitrogens is 1. The number of nitrogen functional groups attached to an aromatic ring is 1. The van der Waals surface area contributed by atoms with E-state index in [2.05, 4.69) is 4.98 Å². The maximum Gasteiger partial charge on any atom is 0.106 e. The lowest BCUT2D eigenvalue weighted by atomic mass is 10.2. The number of anilines is 1. The van der Waals surface area contributed by atoms with Crippen LogP contribution in [0.5, 0.6) is 0 Å². The highest BCUT2D eigenvalue weighted by Crippen LogP contribution is 2.29. The molecule has 78 valence electrons. The van der Waals surface area contributed by atoms with Gasteiger partial charge in [-0.25, -0.2) is 4.98 Å². The fourth-order valence-corrected chi connectivity index (χ4v) is 2.75. The van der Waals surface area contributed by atoms with E-state index in [1.807, 2.05) is 30.3 Å². The number of hydrogen-bond donors (Lipinski definition) is 2. The molecule has 4 heteroatoms. The molecule has 0 unspecified atom stereocenters. The Kier molecular flexibility index (Phi) is 1.91. The lowest BCUT2D eigenvalue weighted by molar-refractivity contribution is 1.23. The smallest absolute Gasteiger partial charge is 0.106 e. The van der Waals surface area contributed by atoms with E-state index in [-0.39, 0.29) is 0 Å². The van der Waals surface area contributed by atoms with Gasteiger partial charge in [-0.2, -0.15) is 0 Å². The van der Waals surface area contributed by atoms with E-state index < -0.39 is 0 Å². The third-order valence-electron chi connectivity index (χ3n) is 2.41. The molecule has 1 aliphatic heterocycles. The highest BCUT2D eigenvalue weighted by Gasteiger charge is 2.09. The fourth-order valence-electron chi connectivity index (χ4n) is 1.70. The molecule has 2 aliphatic rings. The summed E-state index contributed by atoms with van der Waals surface area (Å²) < 4.78 is 1.11. The summed E-state index contributed by atoms with van der Waals surface area (Å²) in [7, 11) is 0. The lowest BCUT2D eigenvalue weighted by Gasteiger charge is -2.06. The zero-order valence-electron chi connectivity index (χ0n) is 8.40. The first-order valence-electron chi connectivity index (χ1n) is 4.88. The maximum atomic E-state index is 7.84. The molecule has 0 radical (unpaired) electrons. The molecule has 0 saturated heterocycles.